The third-order valence-electron chi connectivity index (χ3n) is 4.12. The molecule has 6 nitrogen and oxygen atoms in total. The number of primary amides is 1. The van der Waals surface area contributed by atoms with Gasteiger partial charge in [-0.15, -0.1) is 0 Å². The lowest BCUT2D eigenvalue weighted by molar-refractivity contribution is -0.132. The van der Waals surface area contributed by atoms with Gasteiger partial charge in [-0.25, -0.2) is 0 Å². The minimum Gasteiger partial charge on any atom is -0.382 e. The van der Waals surface area contributed by atoms with Gasteiger partial charge in [0.05, 0.1) is 12.3 Å². The average Bonchev–Trinajstić information content (AvgIpc) is 2.98. The van der Waals surface area contributed by atoms with Crippen molar-refractivity contribution in [3.63, 3.8) is 0 Å². The monoisotopic (exact) mass is 295 g/mol. The van der Waals surface area contributed by atoms with Crippen LogP contribution in [-0.4, -0.2) is 41.8 Å². The Bertz CT molecular complexity index is 507. The summed E-state index contributed by atoms with van der Waals surface area (Å²) in [5.41, 5.74) is 5.65. The van der Waals surface area contributed by atoms with E-state index in [1.807, 2.05) is 6.07 Å². The van der Waals surface area contributed by atoms with Crippen LogP contribution < -0.4 is 5.73 Å². The number of carbonyl (C=O) groups excluding carboxylic acids is 1. The summed E-state index contributed by atoms with van der Waals surface area (Å²) >= 11 is 0. The molecule has 1 aliphatic heterocycles. The standard InChI is InChI=1S/C15H25N3O3/c1-14(2,3)12-8-11(17-21-12)9-18-7-5-6-15(18,10-20-4)13(16)19/h8H,5-7,9-10H2,1-4H3,(H2,16,19). The number of methoxy groups -OCH3 is 1. The van der Waals surface area contributed by atoms with Crippen LogP contribution in [0, 0.1) is 0 Å². The summed E-state index contributed by atoms with van der Waals surface area (Å²) in [5, 5.41) is 4.12. The lowest BCUT2D eigenvalue weighted by Crippen LogP contribution is -2.56. The second-order valence-electron chi connectivity index (χ2n) is 6.79. The first-order valence-corrected chi connectivity index (χ1v) is 7.29. The van der Waals surface area contributed by atoms with Gasteiger partial charge >= 0.3 is 0 Å². The minimum atomic E-state index is -0.727. The third kappa shape index (κ3) is 3.11. The van der Waals surface area contributed by atoms with E-state index < -0.39 is 5.54 Å². The first kappa shape index (κ1) is 16.0. The summed E-state index contributed by atoms with van der Waals surface area (Å²) in [7, 11) is 1.59. The van der Waals surface area contributed by atoms with Gasteiger partial charge in [-0.3, -0.25) is 9.69 Å². The highest BCUT2D eigenvalue weighted by molar-refractivity contribution is 5.85. The van der Waals surface area contributed by atoms with Crippen molar-refractivity contribution in [2.24, 2.45) is 5.73 Å². The van der Waals surface area contributed by atoms with Gasteiger partial charge in [0.1, 0.15) is 11.3 Å². The molecule has 1 aromatic heterocycles. The Morgan fingerprint density at radius 1 is 1.57 bits per heavy atom. The van der Waals surface area contributed by atoms with E-state index in [9.17, 15) is 4.79 Å². The Morgan fingerprint density at radius 2 is 2.29 bits per heavy atom. The highest BCUT2D eigenvalue weighted by Gasteiger charge is 2.46. The zero-order valence-corrected chi connectivity index (χ0v) is 13.3. The van der Waals surface area contributed by atoms with Crippen LogP contribution in [0.5, 0.6) is 0 Å². The van der Waals surface area contributed by atoms with Crippen molar-refractivity contribution in [3.05, 3.63) is 17.5 Å². The number of nitrogens with zero attached hydrogens (tertiary/aromatic N) is 2. The minimum absolute atomic E-state index is 0.0798. The summed E-state index contributed by atoms with van der Waals surface area (Å²) in [6.45, 7) is 7.89. The molecule has 0 saturated carbocycles. The van der Waals surface area contributed by atoms with Crippen molar-refractivity contribution in [1.82, 2.24) is 10.1 Å². The molecule has 1 atom stereocenters. The number of nitrogens with two attached hydrogens (primary N) is 1. The number of hydrogen-bond acceptors (Lipinski definition) is 5. The van der Waals surface area contributed by atoms with Crippen LogP contribution in [0.15, 0.2) is 10.6 Å². The molecule has 2 rings (SSSR count). The highest BCUT2D eigenvalue weighted by atomic mass is 16.5. The summed E-state index contributed by atoms with van der Waals surface area (Å²) < 4.78 is 10.6. The molecule has 0 bridgehead atoms. The first-order chi connectivity index (χ1) is 9.79. The predicted molar refractivity (Wildman–Crippen MR) is 78.6 cm³/mol. The van der Waals surface area contributed by atoms with Crippen molar-refractivity contribution in [2.75, 3.05) is 20.3 Å². The van der Waals surface area contributed by atoms with Crippen LogP contribution in [-0.2, 0) is 21.5 Å². The smallest absolute Gasteiger partial charge is 0.240 e. The first-order valence-electron chi connectivity index (χ1n) is 7.29. The maximum Gasteiger partial charge on any atom is 0.240 e. The van der Waals surface area contributed by atoms with Crippen molar-refractivity contribution in [2.45, 2.75) is 51.1 Å². The Morgan fingerprint density at radius 3 is 2.81 bits per heavy atom. The summed E-state index contributed by atoms with van der Waals surface area (Å²) in [4.78, 5) is 14.0. The molecule has 1 amide bonds. The molecule has 118 valence electrons. The maximum absolute atomic E-state index is 11.9. The number of hydrogen-bond donors (Lipinski definition) is 1. The number of likely N-dealkylation sites (tertiary alicyclic amines) is 1. The fourth-order valence-corrected chi connectivity index (χ4v) is 2.85. The molecule has 0 spiro atoms. The van der Waals surface area contributed by atoms with Crippen LogP contribution in [0.25, 0.3) is 0 Å². The van der Waals surface area contributed by atoms with E-state index in [-0.39, 0.29) is 11.3 Å². The number of aromatic nitrogens is 1. The van der Waals surface area contributed by atoms with Crippen LogP contribution >= 0.6 is 0 Å². The Kier molecular flexibility index (Phi) is 4.39. The summed E-state index contributed by atoms with van der Waals surface area (Å²) in [5.74, 6) is 0.509. The number of carbonyl (C=O) groups is 1. The second kappa shape index (κ2) is 5.77. The van der Waals surface area contributed by atoms with Gasteiger partial charge in [0, 0.05) is 25.1 Å². The van der Waals surface area contributed by atoms with Gasteiger partial charge < -0.3 is 15.0 Å². The van der Waals surface area contributed by atoms with E-state index in [2.05, 4.69) is 30.8 Å². The molecular formula is C15H25N3O3. The van der Waals surface area contributed by atoms with E-state index in [0.29, 0.717) is 13.2 Å². The second-order valence-corrected chi connectivity index (χ2v) is 6.79. The van der Waals surface area contributed by atoms with Gasteiger partial charge in [-0.05, 0) is 19.4 Å². The van der Waals surface area contributed by atoms with Crippen molar-refractivity contribution < 1.29 is 14.1 Å². The molecule has 0 aliphatic carbocycles. The molecule has 1 aliphatic rings. The number of amides is 1. The molecule has 1 fully saturated rings. The van der Waals surface area contributed by atoms with E-state index in [4.69, 9.17) is 15.0 Å². The fraction of sp³-hybridized carbons (Fsp3) is 0.733. The van der Waals surface area contributed by atoms with Gasteiger partial charge in [-0.1, -0.05) is 25.9 Å². The van der Waals surface area contributed by atoms with Gasteiger partial charge in [-0.2, -0.15) is 0 Å². The van der Waals surface area contributed by atoms with Crippen LogP contribution in [0.2, 0.25) is 0 Å². The molecule has 2 heterocycles. The van der Waals surface area contributed by atoms with Crippen molar-refractivity contribution in [1.29, 1.82) is 0 Å². The SMILES string of the molecule is COCC1(C(N)=O)CCCN1Cc1cc(C(C)(C)C)on1. The molecule has 0 radical (unpaired) electrons. The largest absolute Gasteiger partial charge is 0.382 e. The number of ether oxygens (including phenoxy) is 1. The van der Waals surface area contributed by atoms with Crippen LogP contribution in [0.4, 0.5) is 0 Å². The van der Waals surface area contributed by atoms with E-state index >= 15 is 0 Å². The Balaban J connectivity index is 2.17. The normalized spacial score (nSPS) is 23.6. The fourth-order valence-electron chi connectivity index (χ4n) is 2.85. The highest BCUT2D eigenvalue weighted by Crippen LogP contribution is 2.32. The molecule has 0 aromatic carbocycles. The average molecular weight is 295 g/mol. The van der Waals surface area contributed by atoms with Crippen molar-refractivity contribution >= 4 is 5.91 Å². The quantitative estimate of drug-likeness (QED) is 0.889. The molecule has 1 aromatic rings. The molecule has 6 heteroatoms. The lowest BCUT2D eigenvalue weighted by atomic mass is 9.93. The Hall–Kier alpha value is -1.40. The molecular weight excluding hydrogens is 270 g/mol. The predicted octanol–water partition coefficient (Wildman–Crippen LogP) is 1.44. The lowest BCUT2D eigenvalue weighted by Gasteiger charge is -2.34. The third-order valence-corrected chi connectivity index (χ3v) is 4.12. The van der Waals surface area contributed by atoms with E-state index in [1.54, 1.807) is 7.11 Å². The zero-order valence-electron chi connectivity index (χ0n) is 13.3. The maximum atomic E-state index is 11.9. The van der Waals surface area contributed by atoms with Crippen molar-refractivity contribution in [3.8, 4) is 0 Å². The summed E-state index contributed by atoms with van der Waals surface area (Å²) in [6, 6.07) is 1.96. The molecule has 21 heavy (non-hydrogen) atoms. The molecule has 1 unspecified atom stereocenters. The van der Waals surface area contributed by atoms with Crippen LogP contribution in [0.1, 0.15) is 45.1 Å². The van der Waals surface area contributed by atoms with Gasteiger partial charge in [0.2, 0.25) is 5.91 Å². The Labute approximate surface area is 125 Å². The van der Waals surface area contributed by atoms with Gasteiger partial charge in [0.15, 0.2) is 0 Å². The summed E-state index contributed by atoms with van der Waals surface area (Å²) in [6.07, 6.45) is 1.65. The van der Waals surface area contributed by atoms with E-state index in [0.717, 1.165) is 30.8 Å². The van der Waals surface area contributed by atoms with Gasteiger partial charge in [0.25, 0.3) is 0 Å². The number of rotatable bonds is 5. The topological polar surface area (TPSA) is 81.6 Å². The molecule has 1 saturated heterocycles. The van der Waals surface area contributed by atoms with Crippen LogP contribution in [0.3, 0.4) is 0 Å². The molecule has 2 N–H and O–H groups in total. The van der Waals surface area contributed by atoms with E-state index in [1.165, 1.54) is 0 Å². The zero-order chi connectivity index (χ0) is 15.7.